The summed E-state index contributed by atoms with van der Waals surface area (Å²) in [5.41, 5.74) is -0.463. The number of hydrogen-bond acceptors (Lipinski definition) is 5. The number of hydrogen-bond donors (Lipinski definition) is 1. The molecule has 1 aromatic heterocycles. The van der Waals surface area contributed by atoms with E-state index in [4.69, 9.17) is 4.74 Å². The summed E-state index contributed by atoms with van der Waals surface area (Å²) in [5, 5.41) is 10.7. The molecule has 1 aliphatic heterocycles. The zero-order valence-electron chi connectivity index (χ0n) is 16.4. The third-order valence-electron chi connectivity index (χ3n) is 4.99. The van der Waals surface area contributed by atoms with Crippen molar-refractivity contribution in [1.29, 1.82) is 0 Å². The standard InChI is InChI=1S/C22H14F3NO5S/c1-10-2-4-14(23)13(19(10)25)8-31-12-3-5-15(24)16(7-12)26-17(27)6-11-9-32-20(22(29)30)18(11)21(26)28/h2-5,7,9H,6,8H2,1H3,(H,29,30). The monoisotopic (exact) mass is 461 g/mol. The minimum Gasteiger partial charge on any atom is -0.489 e. The SMILES string of the molecule is Cc1ccc(F)c(COc2ccc(F)c(N3C(=O)Cc4csc(C(=O)O)c4C3=O)c2)c1F. The number of halogens is 3. The first-order valence-electron chi connectivity index (χ1n) is 9.25. The van der Waals surface area contributed by atoms with Gasteiger partial charge in [-0.15, -0.1) is 11.3 Å². The molecule has 0 atom stereocenters. The number of carbonyl (C=O) groups excluding carboxylic acids is 2. The number of ether oxygens (including phenoxy) is 1. The maximum atomic E-state index is 14.6. The van der Waals surface area contributed by atoms with Crippen molar-refractivity contribution in [3.63, 3.8) is 0 Å². The lowest BCUT2D eigenvalue weighted by atomic mass is 10.0. The molecule has 0 bridgehead atoms. The van der Waals surface area contributed by atoms with Crippen LogP contribution in [-0.4, -0.2) is 22.9 Å². The highest BCUT2D eigenvalue weighted by Gasteiger charge is 2.38. The summed E-state index contributed by atoms with van der Waals surface area (Å²) in [7, 11) is 0. The van der Waals surface area contributed by atoms with Gasteiger partial charge in [0, 0.05) is 6.07 Å². The van der Waals surface area contributed by atoms with Crippen LogP contribution in [0.1, 0.15) is 36.7 Å². The number of benzene rings is 2. The number of fused-ring (bicyclic) bond motifs is 1. The number of rotatable bonds is 5. The minimum absolute atomic E-state index is 0.0446. The van der Waals surface area contributed by atoms with Crippen LogP contribution in [0.15, 0.2) is 35.7 Å². The van der Waals surface area contributed by atoms with E-state index in [1.54, 1.807) is 0 Å². The highest BCUT2D eigenvalue weighted by atomic mass is 32.1. The molecule has 164 valence electrons. The Balaban J connectivity index is 1.67. The van der Waals surface area contributed by atoms with Gasteiger partial charge in [-0.2, -0.15) is 0 Å². The van der Waals surface area contributed by atoms with Gasteiger partial charge in [-0.3, -0.25) is 9.59 Å². The number of aryl methyl sites for hydroxylation is 1. The van der Waals surface area contributed by atoms with E-state index >= 15 is 0 Å². The molecule has 0 spiro atoms. The van der Waals surface area contributed by atoms with Crippen LogP contribution in [-0.2, 0) is 17.8 Å². The maximum absolute atomic E-state index is 14.6. The third-order valence-corrected chi connectivity index (χ3v) is 6.01. The first-order chi connectivity index (χ1) is 15.2. The smallest absolute Gasteiger partial charge is 0.346 e. The number of carboxylic acid groups (broad SMARTS) is 1. The van der Waals surface area contributed by atoms with E-state index in [0.29, 0.717) is 4.90 Å². The van der Waals surface area contributed by atoms with Gasteiger partial charge in [0.15, 0.2) is 0 Å². The molecule has 10 heteroatoms. The number of nitrogens with zero attached hydrogens (tertiary/aromatic N) is 1. The fraction of sp³-hybridized carbons (Fsp3) is 0.136. The van der Waals surface area contributed by atoms with Crippen LogP contribution in [0, 0.1) is 24.4 Å². The van der Waals surface area contributed by atoms with Gasteiger partial charge in [0.1, 0.15) is 34.7 Å². The third kappa shape index (κ3) is 3.62. The molecule has 6 nitrogen and oxygen atoms in total. The van der Waals surface area contributed by atoms with Gasteiger partial charge in [0.25, 0.3) is 5.91 Å². The fourth-order valence-corrected chi connectivity index (χ4v) is 4.28. The molecular weight excluding hydrogens is 447 g/mol. The first kappa shape index (κ1) is 21.6. The Bertz CT molecular complexity index is 1290. The largest absolute Gasteiger partial charge is 0.489 e. The highest BCUT2D eigenvalue weighted by Crippen LogP contribution is 2.34. The summed E-state index contributed by atoms with van der Waals surface area (Å²) in [6, 6.07) is 5.55. The van der Waals surface area contributed by atoms with Crippen LogP contribution >= 0.6 is 11.3 Å². The van der Waals surface area contributed by atoms with Gasteiger partial charge < -0.3 is 9.84 Å². The van der Waals surface area contributed by atoms with Crippen molar-refractivity contribution in [2.75, 3.05) is 4.90 Å². The number of anilines is 1. The normalized spacial score (nSPS) is 13.3. The van der Waals surface area contributed by atoms with Crippen LogP contribution in [0.3, 0.4) is 0 Å². The summed E-state index contributed by atoms with van der Waals surface area (Å²) in [6.07, 6.45) is -0.283. The second kappa shape index (κ2) is 8.12. The van der Waals surface area contributed by atoms with Crippen molar-refractivity contribution < 1.29 is 37.4 Å². The van der Waals surface area contributed by atoms with Crippen molar-refractivity contribution in [3.8, 4) is 5.75 Å². The lowest BCUT2D eigenvalue weighted by molar-refractivity contribution is -0.117. The van der Waals surface area contributed by atoms with E-state index in [-0.39, 0.29) is 39.3 Å². The molecule has 1 aliphatic rings. The van der Waals surface area contributed by atoms with Gasteiger partial charge >= 0.3 is 5.97 Å². The van der Waals surface area contributed by atoms with E-state index in [0.717, 1.165) is 29.5 Å². The van der Waals surface area contributed by atoms with Crippen LogP contribution < -0.4 is 9.64 Å². The summed E-state index contributed by atoms with van der Waals surface area (Å²) in [4.78, 5) is 37.2. The van der Waals surface area contributed by atoms with E-state index in [9.17, 15) is 32.7 Å². The van der Waals surface area contributed by atoms with E-state index in [1.807, 2.05) is 0 Å². The molecule has 2 amide bonds. The number of aromatic carboxylic acids is 1. The Morgan fingerprint density at radius 2 is 1.88 bits per heavy atom. The molecule has 1 N–H and O–H groups in total. The highest BCUT2D eigenvalue weighted by molar-refractivity contribution is 7.12. The molecule has 0 unspecified atom stereocenters. The van der Waals surface area contributed by atoms with E-state index < -0.39 is 47.5 Å². The molecule has 0 aliphatic carbocycles. The maximum Gasteiger partial charge on any atom is 0.346 e. The summed E-state index contributed by atoms with van der Waals surface area (Å²) < 4.78 is 48.1. The van der Waals surface area contributed by atoms with Crippen molar-refractivity contribution >= 4 is 34.8 Å². The Hall–Kier alpha value is -3.66. The van der Waals surface area contributed by atoms with Gasteiger partial charge in [0.2, 0.25) is 5.91 Å². The average molecular weight is 461 g/mol. The first-order valence-corrected chi connectivity index (χ1v) is 10.1. The second-order valence-electron chi connectivity index (χ2n) is 7.04. The van der Waals surface area contributed by atoms with Crippen LogP contribution in [0.2, 0.25) is 0 Å². The van der Waals surface area contributed by atoms with E-state index in [2.05, 4.69) is 0 Å². The lowest BCUT2D eigenvalue weighted by Gasteiger charge is -2.26. The van der Waals surface area contributed by atoms with Gasteiger partial charge in [-0.25, -0.2) is 22.9 Å². The number of carboxylic acids is 1. The molecule has 3 aromatic rings. The molecule has 0 saturated heterocycles. The summed E-state index contributed by atoms with van der Waals surface area (Å²) >= 11 is 0.805. The number of thiophene rings is 1. The summed E-state index contributed by atoms with van der Waals surface area (Å²) in [6.45, 7) is 0.954. The van der Waals surface area contributed by atoms with Crippen LogP contribution in [0.5, 0.6) is 5.75 Å². The van der Waals surface area contributed by atoms with Crippen LogP contribution in [0.25, 0.3) is 0 Å². The van der Waals surface area contributed by atoms with Crippen molar-refractivity contribution in [2.24, 2.45) is 0 Å². The number of amides is 2. The zero-order valence-corrected chi connectivity index (χ0v) is 17.3. The topological polar surface area (TPSA) is 83.9 Å². The lowest BCUT2D eigenvalue weighted by Crippen LogP contribution is -2.43. The fourth-order valence-electron chi connectivity index (χ4n) is 3.38. The van der Waals surface area contributed by atoms with Crippen molar-refractivity contribution in [3.05, 3.63) is 80.3 Å². The number of carbonyl (C=O) groups is 3. The molecular formula is C22H14F3NO5S. The van der Waals surface area contributed by atoms with Gasteiger partial charge in [-0.05, 0) is 41.6 Å². The Morgan fingerprint density at radius 3 is 2.59 bits per heavy atom. The molecule has 2 heterocycles. The van der Waals surface area contributed by atoms with Crippen molar-refractivity contribution in [2.45, 2.75) is 20.0 Å². The van der Waals surface area contributed by atoms with E-state index in [1.165, 1.54) is 24.4 Å². The molecule has 0 saturated carbocycles. The molecule has 4 rings (SSSR count). The predicted molar refractivity (Wildman–Crippen MR) is 109 cm³/mol. The predicted octanol–water partition coefficient (Wildman–Crippen LogP) is 4.48. The molecule has 0 fully saturated rings. The average Bonchev–Trinajstić information content (AvgIpc) is 3.17. The minimum atomic E-state index is -1.33. The van der Waals surface area contributed by atoms with Gasteiger partial charge in [0.05, 0.1) is 23.2 Å². The second-order valence-corrected chi connectivity index (χ2v) is 7.92. The Morgan fingerprint density at radius 1 is 1.16 bits per heavy atom. The number of imide groups is 1. The quantitative estimate of drug-likeness (QED) is 0.567. The Labute approximate surface area is 183 Å². The summed E-state index contributed by atoms with van der Waals surface area (Å²) in [5.74, 6) is -5.62. The molecule has 2 aromatic carbocycles. The molecule has 0 radical (unpaired) electrons. The van der Waals surface area contributed by atoms with Crippen LogP contribution in [0.4, 0.5) is 18.9 Å². The van der Waals surface area contributed by atoms with Gasteiger partial charge in [-0.1, -0.05) is 6.07 Å². The van der Waals surface area contributed by atoms with Crippen molar-refractivity contribution in [1.82, 2.24) is 0 Å². The Kier molecular flexibility index (Phi) is 5.47. The molecule has 32 heavy (non-hydrogen) atoms. The zero-order chi connectivity index (χ0) is 23.2.